The molecular weight excluding hydrogens is 344 g/mol. The first-order valence-electron chi connectivity index (χ1n) is 6.87. The van der Waals surface area contributed by atoms with Crippen LogP contribution in [0.5, 0.6) is 5.75 Å². The van der Waals surface area contributed by atoms with Crippen LogP contribution >= 0.6 is 7.82 Å². The van der Waals surface area contributed by atoms with Crippen LogP contribution in [0.1, 0.15) is 5.56 Å². The Bertz CT molecular complexity index is 542. The summed E-state index contributed by atoms with van der Waals surface area (Å²) >= 11 is 0. The van der Waals surface area contributed by atoms with Crippen LogP contribution in [-0.4, -0.2) is 50.9 Å². The minimum Gasteiger partial charge on any atom is -0.443 e. The highest BCUT2D eigenvalue weighted by molar-refractivity contribution is 7.48. The van der Waals surface area contributed by atoms with Gasteiger partial charge in [0.15, 0.2) is 0 Å². The van der Waals surface area contributed by atoms with Crippen molar-refractivity contribution in [1.82, 2.24) is 5.48 Å². The van der Waals surface area contributed by atoms with Gasteiger partial charge in [-0.15, -0.1) is 0 Å². The summed E-state index contributed by atoms with van der Waals surface area (Å²) in [5.74, 6) is 0.198. The Hall–Kier alpha value is -1.62. The number of phosphoric ester groups is 1. The summed E-state index contributed by atoms with van der Waals surface area (Å²) in [5.41, 5.74) is 1.94. The maximum Gasteiger partial charge on any atom is 0.530 e. The number of ether oxygens (including phenoxy) is 1. The van der Waals surface area contributed by atoms with Crippen molar-refractivity contribution in [3.8, 4) is 5.75 Å². The average Bonchev–Trinajstić information content (AvgIpc) is 2.59. The lowest BCUT2D eigenvalue weighted by Gasteiger charge is -2.18. The van der Waals surface area contributed by atoms with Crippen molar-refractivity contribution in [3.05, 3.63) is 29.8 Å². The van der Waals surface area contributed by atoms with E-state index in [-0.39, 0.29) is 38.8 Å². The zero-order valence-electron chi connectivity index (χ0n) is 13.0. The molecule has 0 aromatic heterocycles. The molecule has 0 aliphatic rings. The molecule has 1 aromatic rings. The van der Waals surface area contributed by atoms with Crippen molar-refractivity contribution in [2.45, 2.75) is 6.61 Å². The van der Waals surface area contributed by atoms with Gasteiger partial charge in [-0.1, -0.05) is 12.1 Å². The molecule has 1 amide bonds. The molecule has 12 heteroatoms. The Labute approximate surface area is 139 Å². The molecule has 0 fully saturated rings. The molecule has 24 heavy (non-hydrogen) atoms. The maximum atomic E-state index is 12.4. The van der Waals surface area contributed by atoms with Crippen LogP contribution in [0.4, 0.5) is 4.79 Å². The van der Waals surface area contributed by atoms with Crippen LogP contribution in [0, 0.1) is 0 Å². The predicted octanol–water partition coefficient (Wildman–Crippen LogP) is 0.379. The summed E-state index contributed by atoms with van der Waals surface area (Å²) in [4.78, 5) is 10.8. The van der Waals surface area contributed by atoms with Crippen LogP contribution < -0.4 is 10.0 Å². The third-order valence-electron chi connectivity index (χ3n) is 2.48. The van der Waals surface area contributed by atoms with Crippen molar-refractivity contribution in [1.29, 1.82) is 0 Å². The van der Waals surface area contributed by atoms with Gasteiger partial charge in [0.05, 0.1) is 26.4 Å². The molecule has 0 saturated carbocycles. The van der Waals surface area contributed by atoms with Gasteiger partial charge in [-0.2, -0.15) is 0 Å². The molecule has 0 bridgehead atoms. The second kappa shape index (κ2) is 11.0. The highest BCUT2D eigenvalue weighted by Gasteiger charge is 2.28. The predicted molar refractivity (Wildman–Crippen MR) is 83.3 cm³/mol. The second-order valence-electron chi connectivity index (χ2n) is 4.25. The number of hydroxylamine groups is 1. The van der Waals surface area contributed by atoms with Gasteiger partial charge in [-0.05, 0) is 17.7 Å². The molecule has 1 unspecified atom stereocenters. The van der Waals surface area contributed by atoms with Crippen molar-refractivity contribution in [2.75, 3.05) is 26.4 Å². The standard InChI is InChI=1S/C12H19BNO9P/c13-20-7-8-22-24(18,21-6-5-15)23-11-3-1-10(2-4-11)9-19-12(16)14-17/h1-4,15,17H,5-9,13H2,(H,14,16). The van der Waals surface area contributed by atoms with Crippen molar-refractivity contribution in [2.24, 2.45) is 0 Å². The smallest absolute Gasteiger partial charge is 0.443 e. The van der Waals surface area contributed by atoms with Gasteiger partial charge in [0.25, 0.3) is 8.05 Å². The van der Waals surface area contributed by atoms with Crippen molar-refractivity contribution < 1.29 is 42.6 Å². The minimum atomic E-state index is -3.91. The van der Waals surface area contributed by atoms with E-state index in [9.17, 15) is 9.36 Å². The van der Waals surface area contributed by atoms with Crippen molar-refractivity contribution in [3.63, 3.8) is 0 Å². The lowest BCUT2D eigenvalue weighted by Crippen LogP contribution is -2.19. The fourth-order valence-electron chi connectivity index (χ4n) is 1.43. The number of carbonyl (C=O) groups excluding carboxylic acids is 1. The van der Waals surface area contributed by atoms with Gasteiger partial charge >= 0.3 is 13.9 Å². The lowest BCUT2D eigenvalue weighted by molar-refractivity contribution is 0.0842. The zero-order valence-corrected chi connectivity index (χ0v) is 13.9. The summed E-state index contributed by atoms with van der Waals surface area (Å²) in [6.45, 7) is -0.452. The number of aliphatic hydroxyl groups is 1. The van der Waals surface area contributed by atoms with Crippen LogP contribution in [0.25, 0.3) is 0 Å². The molecule has 0 aliphatic carbocycles. The highest BCUT2D eigenvalue weighted by Crippen LogP contribution is 2.49. The fourth-order valence-corrected chi connectivity index (χ4v) is 2.60. The van der Waals surface area contributed by atoms with Crippen LogP contribution in [-0.2, 0) is 29.6 Å². The number of carbonyl (C=O) groups is 1. The Kier molecular flexibility index (Phi) is 9.39. The number of amides is 1. The van der Waals surface area contributed by atoms with E-state index in [0.29, 0.717) is 5.56 Å². The van der Waals surface area contributed by atoms with Crippen molar-refractivity contribution >= 4 is 22.0 Å². The Morgan fingerprint density at radius 3 is 2.42 bits per heavy atom. The van der Waals surface area contributed by atoms with E-state index in [4.69, 9.17) is 28.5 Å². The molecule has 3 N–H and O–H groups in total. The van der Waals surface area contributed by atoms with Gasteiger partial charge in [-0.3, -0.25) is 14.3 Å². The third kappa shape index (κ3) is 7.78. The van der Waals surface area contributed by atoms with Gasteiger partial charge < -0.3 is 19.0 Å². The highest BCUT2D eigenvalue weighted by atomic mass is 31.2. The van der Waals surface area contributed by atoms with E-state index >= 15 is 0 Å². The molecule has 0 spiro atoms. The number of nitrogens with one attached hydrogen (secondary N) is 1. The first kappa shape index (κ1) is 20.4. The average molecular weight is 363 g/mol. The molecule has 1 aromatic carbocycles. The number of aliphatic hydroxyl groups excluding tert-OH is 1. The molecular formula is C12H19BNO9P. The number of hydrogen-bond acceptors (Lipinski definition) is 9. The third-order valence-corrected chi connectivity index (χ3v) is 3.91. The fraction of sp³-hybridized carbons (Fsp3) is 0.417. The van der Waals surface area contributed by atoms with Crippen LogP contribution in [0.15, 0.2) is 24.3 Å². The Morgan fingerprint density at radius 1 is 1.17 bits per heavy atom. The van der Waals surface area contributed by atoms with E-state index < -0.39 is 13.9 Å². The van der Waals surface area contributed by atoms with Crippen LogP contribution in [0.2, 0.25) is 0 Å². The Morgan fingerprint density at radius 2 is 1.83 bits per heavy atom. The van der Waals surface area contributed by atoms with Crippen LogP contribution in [0.3, 0.4) is 0 Å². The topological polar surface area (TPSA) is 133 Å². The molecule has 0 saturated heterocycles. The van der Waals surface area contributed by atoms with Gasteiger partial charge in [0.2, 0.25) is 0 Å². The number of rotatable bonds is 11. The summed E-state index contributed by atoms with van der Waals surface area (Å²) in [5, 5.41) is 17.1. The van der Waals surface area contributed by atoms with E-state index in [1.54, 1.807) is 12.1 Å². The van der Waals surface area contributed by atoms with Gasteiger partial charge in [0.1, 0.15) is 12.4 Å². The summed E-state index contributed by atoms with van der Waals surface area (Å²) in [7, 11) is -2.45. The molecule has 0 heterocycles. The number of phosphoric acid groups is 1. The maximum absolute atomic E-state index is 12.4. The Balaban J connectivity index is 2.64. The zero-order chi connectivity index (χ0) is 17.8. The molecule has 1 atom stereocenters. The molecule has 0 aliphatic heterocycles. The summed E-state index contributed by atoms with van der Waals surface area (Å²) in [6.07, 6.45) is -0.983. The van der Waals surface area contributed by atoms with E-state index in [2.05, 4.69) is 4.74 Å². The second-order valence-corrected chi connectivity index (χ2v) is 5.85. The first-order valence-corrected chi connectivity index (χ1v) is 8.33. The number of hydrogen-bond donors (Lipinski definition) is 3. The van der Waals surface area contributed by atoms with E-state index in [1.165, 1.54) is 25.7 Å². The first-order chi connectivity index (χ1) is 11.5. The lowest BCUT2D eigenvalue weighted by atomic mass is 10.2. The molecule has 1 rings (SSSR count). The minimum absolute atomic E-state index is 0.0125. The largest absolute Gasteiger partial charge is 0.530 e. The molecule has 0 radical (unpaired) electrons. The summed E-state index contributed by atoms with van der Waals surface area (Å²) < 4.78 is 37.1. The summed E-state index contributed by atoms with van der Waals surface area (Å²) in [6, 6.07) is 6.07. The van der Waals surface area contributed by atoms with E-state index in [0.717, 1.165) is 0 Å². The monoisotopic (exact) mass is 363 g/mol. The van der Waals surface area contributed by atoms with E-state index in [1.807, 2.05) is 0 Å². The molecule has 10 nitrogen and oxygen atoms in total. The quantitative estimate of drug-likeness (QED) is 0.168. The van der Waals surface area contributed by atoms with Gasteiger partial charge in [-0.25, -0.2) is 14.8 Å². The molecule has 134 valence electrons. The number of benzene rings is 1. The normalized spacial score (nSPS) is 13.1. The van der Waals surface area contributed by atoms with Gasteiger partial charge in [0, 0.05) is 0 Å². The SMILES string of the molecule is BOCCOP(=O)(OCCO)Oc1ccc(COC(=O)NO)cc1.